The fourth-order valence-corrected chi connectivity index (χ4v) is 4.01. The predicted octanol–water partition coefficient (Wildman–Crippen LogP) is 5.29. The molecule has 1 saturated heterocycles. The summed E-state index contributed by atoms with van der Waals surface area (Å²) < 4.78 is 0. The van der Waals surface area contributed by atoms with Crippen molar-refractivity contribution in [1.82, 2.24) is 4.90 Å². The van der Waals surface area contributed by atoms with Crippen LogP contribution in [0.4, 0.5) is 5.69 Å². The van der Waals surface area contributed by atoms with Gasteiger partial charge in [-0.05, 0) is 47.7 Å². The first-order valence-corrected chi connectivity index (χ1v) is 9.88. The lowest BCUT2D eigenvalue weighted by atomic mass is 9.99. The molecule has 0 amide bonds. The lowest BCUT2D eigenvalue weighted by Gasteiger charge is -2.37. The van der Waals surface area contributed by atoms with E-state index in [4.69, 9.17) is 0 Å². The molecule has 0 saturated carbocycles. The van der Waals surface area contributed by atoms with Gasteiger partial charge in [-0.25, -0.2) is 0 Å². The number of hydrogen-bond acceptors (Lipinski definition) is 2. The zero-order chi connectivity index (χ0) is 18.6. The molecule has 0 aromatic heterocycles. The number of aryl methyl sites for hydroxylation is 2. The quantitative estimate of drug-likeness (QED) is 0.626. The summed E-state index contributed by atoms with van der Waals surface area (Å²) in [7, 11) is 0. The second-order valence-electron chi connectivity index (χ2n) is 7.58. The average molecular weight is 357 g/mol. The monoisotopic (exact) mass is 356 g/mol. The van der Waals surface area contributed by atoms with Crippen molar-refractivity contribution in [2.24, 2.45) is 0 Å². The second-order valence-corrected chi connectivity index (χ2v) is 7.58. The SMILES string of the molecule is Cc1ccc(C)c(N2CCN(Cc3ccccc3-c3ccccc3)CC2)c1. The molecule has 2 nitrogen and oxygen atoms in total. The van der Waals surface area contributed by atoms with Crippen LogP contribution in [0, 0.1) is 13.8 Å². The molecule has 0 aliphatic carbocycles. The molecule has 0 radical (unpaired) electrons. The van der Waals surface area contributed by atoms with Gasteiger partial charge in [0.05, 0.1) is 0 Å². The average Bonchev–Trinajstić information content (AvgIpc) is 2.72. The van der Waals surface area contributed by atoms with Crippen molar-refractivity contribution >= 4 is 5.69 Å². The highest BCUT2D eigenvalue weighted by molar-refractivity contribution is 5.67. The summed E-state index contributed by atoms with van der Waals surface area (Å²) >= 11 is 0. The highest BCUT2D eigenvalue weighted by atomic mass is 15.3. The van der Waals surface area contributed by atoms with E-state index >= 15 is 0 Å². The van der Waals surface area contributed by atoms with Crippen molar-refractivity contribution in [3.05, 3.63) is 89.5 Å². The number of rotatable bonds is 4. The number of anilines is 1. The van der Waals surface area contributed by atoms with Crippen molar-refractivity contribution in [1.29, 1.82) is 0 Å². The summed E-state index contributed by atoms with van der Waals surface area (Å²) in [6.45, 7) is 9.82. The highest BCUT2D eigenvalue weighted by Crippen LogP contribution is 2.26. The Morgan fingerprint density at radius 2 is 1.44 bits per heavy atom. The van der Waals surface area contributed by atoms with Gasteiger partial charge in [0.2, 0.25) is 0 Å². The smallest absolute Gasteiger partial charge is 0.0399 e. The lowest BCUT2D eigenvalue weighted by Crippen LogP contribution is -2.46. The Hall–Kier alpha value is -2.58. The minimum Gasteiger partial charge on any atom is -0.369 e. The Morgan fingerprint density at radius 1 is 0.741 bits per heavy atom. The Labute approximate surface area is 163 Å². The van der Waals surface area contributed by atoms with Crippen molar-refractivity contribution in [2.75, 3.05) is 31.1 Å². The highest BCUT2D eigenvalue weighted by Gasteiger charge is 2.19. The van der Waals surface area contributed by atoms with Crippen molar-refractivity contribution in [3.8, 4) is 11.1 Å². The number of piperazine rings is 1. The zero-order valence-corrected chi connectivity index (χ0v) is 16.4. The number of benzene rings is 3. The molecule has 0 atom stereocenters. The standard InChI is InChI=1S/C25H28N2/c1-20-12-13-21(2)25(18-20)27-16-14-26(15-17-27)19-23-10-6-7-11-24(23)22-8-4-3-5-9-22/h3-13,18H,14-17,19H2,1-2H3. The molecule has 3 aromatic rings. The molecule has 2 heteroatoms. The van der Waals surface area contributed by atoms with Gasteiger partial charge in [0.1, 0.15) is 0 Å². The summed E-state index contributed by atoms with van der Waals surface area (Å²) in [6, 6.07) is 26.3. The van der Waals surface area contributed by atoms with Crippen molar-refractivity contribution < 1.29 is 0 Å². The van der Waals surface area contributed by atoms with Gasteiger partial charge >= 0.3 is 0 Å². The minimum absolute atomic E-state index is 1.02. The molecule has 0 spiro atoms. The van der Waals surface area contributed by atoms with E-state index in [1.165, 1.54) is 33.5 Å². The Kier molecular flexibility index (Phi) is 5.26. The molecule has 27 heavy (non-hydrogen) atoms. The van der Waals surface area contributed by atoms with E-state index in [-0.39, 0.29) is 0 Å². The molecule has 4 rings (SSSR count). The maximum absolute atomic E-state index is 2.59. The van der Waals surface area contributed by atoms with Crippen LogP contribution in [0.3, 0.4) is 0 Å². The van der Waals surface area contributed by atoms with Crippen LogP contribution in [0.5, 0.6) is 0 Å². The van der Waals surface area contributed by atoms with E-state index in [1.807, 2.05) is 0 Å². The van der Waals surface area contributed by atoms with Crippen LogP contribution >= 0.6 is 0 Å². The molecule has 1 fully saturated rings. The van der Waals surface area contributed by atoms with Gasteiger partial charge in [0.25, 0.3) is 0 Å². The fraction of sp³-hybridized carbons (Fsp3) is 0.280. The summed E-state index contributed by atoms with van der Waals surface area (Å²) in [5.74, 6) is 0. The first-order valence-electron chi connectivity index (χ1n) is 9.88. The van der Waals surface area contributed by atoms with E-state index in [1.54, 1.807) is 0 Å². The van der Waals surface area contributed by atoms with E-state index in [2.05, 4.69) is 96.4 Å². The molecule has 1 aliphatic heterocycles. The molecular formula is C25H28N2. The van der Waals surface area contributed by atoms with E-state index in [0.717, 1.165) is 32.7 Å². The van der Waals surface area contributed by atoms with Crippen LogP contribution in [-0.4, -0.2) is 31.1 Å². The van der Waals surface area contributed by atoms with E-state index in [0.29, 0.717) is 0 Å². The predicted molar refractivity (Wildman–Crippen MR) is 115 cm³/mol. The topological polar surface area (TPSA) is 6.48 Å². The van der Waals surface area contributed by atoms with Crippen LogP contribution in [0.2, 0.25) is 0 Å². The first-order chi connectivity index (χ1) is 13.2. The zero-order valence-electron chi connectivity index (χ0n) is 16.4. The van der Waals surface area contributed by atoms with Crippen LogP contribution in [-0.2, 0) is 6.54 Å². The van der Waals surface area contributed by atoms with Gasteiger partial charge in [-0.3, -0.25) is 4.90 Å². The van der Waals surface area contributed by atoms with Crippen LogP contribution in [0.15, 0.2) is 72.8 Å². The summed E-state index contributed by atoms with van der Waals surface area (Å²) in [4.78, 5) is 5.13. The molecule has 0 bridgehead atoms. The molecule has 1 heterocycles. The second kappa shape index (κ2) is 7.98. The van der Waals surface area contributed by atoms with Gasteiger partial charge in [-0.1, -0.05) is 66.7 Å². The summed E-state index contributed by atoms with van der Waals surface area (Å²) in [5.41, 5.74) is 8.21. The number of nitrogens with zero attached hydrogens (tertiary/aromatic N) is 2. The third kappa shape index (κ3) is 4.06. The molecule has 0 N–H and O–H groups in total. The Morgan fingerprint density at radius 3 is 2.22 bits per heavy atom. The van der Waals surface area contributed by atoms with Crippen molar-refractivity contribution in [2.45, 2.75) is 20.4 Å². The largest absolute Gasteiger partial charge is 0.369 e. The van der Waals surface area contributed by atoms with Gasteiger partial charge in [-0.2, -0.15) is 0 Å². The van der Waals surface area contributed by atoms with Gasteiger partial charge < -0.3 is 4.90 Å². The third-order valence-corrected chi connectivity index (χ3v) is 5.57. The summed E-state index contributed by atoms with van der Waals surface area (Å²) in [6.07, 6.45) is 0. The third-order valence-electron chi connectivity index (χ3n) is 5.57. The van der Waals surface area contributed by atoms with Crippen molar-refractivity contribution in [3.63, 3.8) is 0 Å². The van der Waals surface area contributed by atoms with Gasteiger partial charge in [0.15, 0.2) is 0 Å². The van der Waals surface area contributed by atoms with Crippen LogP contribution in [0.1, 0.15) is 16.7 Å². The molecule has 1 aliphatic rings. The van der Waals surface area contributed by atoms with Crippen LogP contribution in [0.25, 0.3) is 11.1 Å². The van der Waals surface area contributed by atoms with E-state index in [9.17, 15) is 0 Å². The maximum atomic E-state index is 2.59. The summed E-state index contributed by atoms with van der Waals surface area (Å²) in [5, 5.41) is 0. The Balaban J connectivity index is 1.45. The fourth-order valence-electron chi connectivity index (χ4n) is 4.01. The van der Waals surface area contributed by atoms with Gasteiger partial charge in [-0.15, -0.1) is 0 Å². The lowest BCUT2D eigenvalue weighted by molar-refractivity contribution is 0.250. The number of hydrogen-bond donors (Lipinski definition) is 0. The molecule has 138 valence electrons. The van der Waals surface area contributed by atoms with E-state index < -0.39 is 0 Å². The van der Waals surface area contributed by atoms with Gasteiger partial charge in [0, 0.05) is 38.4 Å². The Bertz CT molecular complexity index is 893. The normalized spacial score (nSPS) is 15.1. The molecular weight excluding hydrogens is 328 g/mol. The first kappa shape index (κ1) is 17.8. The van der Waals surface area contributed by atoms with Crippen LogP contribution < -0.4 is 4.90 Å². The molecule has 3 aromatic carbocycles. The maximum Gasteiger partial charge on any atom is 0.0399 e. The molecule has 0 unspecified atom stereocenters. The minimum atomic E-state index is 1.02.